The van der Waals surface area contributed by atoms with Crippen molar-refractivity contribution in [1.29, 1.82) is 0 Å². The van der Waals surface area contributed by atoms with E-state index in [0.717, 1.165) is 18.4 Å². The Kier molecular flexibility index (Phi) is 4.86. The highest BCUT2D eigenvalue weighted by Crippen LogP contribution is 2.17. The van der Waals surface area contributed by atoms with Crippen molar-refractivity contribution >= 4 is 11.7 Å². The van der Waals surface area contributed by atoms with Crippen LogP contribution in [0.15, 0.2) is 18.2 Å². The summed E-state index contributed by atoms with van der Waals surface area (Å²) in [6, 6.07) is 5.26. The van der Waals surface area contributed by atoms with E-state index in [2.05, 4.69) is 22.4 Å². The van der Waals surface area contributed by atoms with E-state index in [9.17, 15) is 4.79 Å². The first kappa shape index (κ1) is 15.0. The Morgan fingerprint density at radius 1 is 1.43 bits per heavy atom. The van der Waals surface area contributed by atoms with Crippen molar-refractivity contribution in [3.05, 3.63) is 35.2 Å². The zero-order chi connectivity index (χ0) is 15.2. The largest absolute Gasteiger partial charge is 0.454 e. The summed E-state index contributed by atoms with van der Waals surface area (Å²) in [6.45, 7) is 4.67. The van der Waals surface area contributed by atoms with Crippen molar-refractivity contribution in [3.8, 4) is 0 Å². The Balaban J connectivity index is 2.01. The van der Waals surface area contributed by atoms with Crippen LogP contribution in [0, 0.1) is 6.92 Å². The van der Waals surface area contributed by atoms with Gasteiger partial charge in [0.1, 0.15) is 0 Å². The number of nitrogens with two attached hydrogens (primary N) is 1. The van der Waals surface area contributed by atoms with Crippen molar-refractivity contribution in [1.82, 2.24) is 20.2 Å². The summed E-state index contributed by atoms with van der Waals surface area (Å²) < 4.78 is 6.90. The SMILES string of the molecule is CCCCn1nnnc1COC(=O)c1cccc(C)c1N. The molecule has 0 radical (unpaired) electrons. The number of carbonyl (C=O) groups is 1. The summed E-state index contributed by atoms with van der Waals surface area (Å²) in [5, 5.41) is 11.3. The highest BCUT2D eigenvalue weighted by molar-refractivity contribution is 5.95. The van der Waals surface area contributed by atoms with Crippen LogP contribution in [0.2, 0.25) is 0 Å². The standard InChI is InChI=1S/C14H19N5O2/c1-3-4-8-19-12(16-17-18-19)9-21-14(20)11-7-5-6-10(2)13(11)15/h5-7H,3-4,8-9,15H2,1-2H3. The molecule has 0 saturated carbocycles. The normalized spacial score (nSPS) is 10.6. The number of aromatic nitrogens is 4. The third-order valence-electron chi connectivity index (χ3n) is 3.21. The summed E-state index contributed by atoms with van der Waals surface area (Å²) in [5.41, 5.74) is 7.53. The van der Waals surface area contributed by atoms with Crippen LogP contribution in [0.3, 0.4) is 0 Å². The molecule has 1 heterocycles. The first-order valence-electron chi connectivity index (χ1n) is 6.90. The van der Waals surface area contributed by atoms with Crippen LogP contribution in [0.1, 0.15) is 41.5 Å². The van der Waals surface area contributed by atoms with Crippen LogP contribution in [-0.2, 0) is 17.9 Å². The molecule has 0 unspecified atom stereocenters. The molecule has 2 rings (SSSR count). The van der Waals surface area contributed by atoms with Crippen molar-refractivity contribution < 1.29 is 9.53 Å². The lowest BCUT2D eigenvalue weighted by Gasteiger charge is -2.08. The predicted molar refractivity (Wildman–Crippen MR) is 77.4 cm³/mol. The van der Waals surface area contributed by atoms with Gasteiger partial charge in [0, 0.05) is 12.2 Å². The lowest BCUT2D eigenvalue weighted by molar-refractivity contribution is 0.0457. The number of esters is 1. The minimum Gasteiger partial charge on any atom is -0.454 e. The third kappa shape index (κ3) is 3.56. The second-order valence-corrected chi connectivity index (χ2v) is 4.78. The van der Waals surface area contributed by atoms with E-state index in [0.29, 0.717) is 23.6 Å². The monoisotopic (exact) mass is 289 g/mol. The number of nitrogen functional groups attached to an aromatic ring is 1. The first-order chi connectivity index (χ1) is 10.1. The fraction of sp³-hybridized carbons (Fsp3) is 0.429. The number of hydrogen-bond acceptors (Lipinski definition) is 6. The van der Waals surface area contributed by atoms with Gasteiger partial charge in [0.05, 0.1) is 5.56 Å². The molecular weight excluding hydrogens is 270 g/mol. The maximum absolute atomic E-state index is 12.1. The van der Waals surface area contributed by atoms with Crippen molar-refractivity contribution in [2.24, 2.45) is 0 Å². The number of anilines is 1. The highest BCUT2D eigenvalue weighted by Gasteiger charge is 2.14. The fourth-order valence-electron chi connectivity index (χ4n) is 1.87. The minimum atomic E-state index is -0.471. The number of nitrogens with zero attached hydrogens (tertiary/aromatic N) is 4. The molecular formula is C14H19N5O2. The minimum absolute atomic E-state index is 0.0307. The van der Waals surface area contributed by atoms with Crippen molar-refractivity contribution in [3.63, 3.8) is 0 Å². The molecule has 7 nitrogen and oxygen atoms in total. The van der Waals surface area contributed by atoms with E-state index in [1.54, 1.807) is 16.8 Å². The second-order valence-electron chi connectivity index (χ2n) is 4.78. The Morgan fingerprint density at radius 3 is 3.00 bits per heavy atom. The number of ether oxygens (including phenoxy) is 1. The van der Waals surface area contributed by atoms with E-state index in [1.165, 1.54) is 0 Å². The van der Waals surface area contributed by atoms with Gasteiger partial charge in [-0.15, -0.1) is 5.10 Å². The van der Waals surface area contributed by atoms with Gasteiger partial charge in [0.2, 0.25) is 0 Å². The van der Waals surface area contributed by atoms with Gasteiger partial charge in [-0.05, 0) is 35.4 Å². The van der Waals surface area contributed by atoms with Crippen LogP contribution in [0.5, 0.6) is 0 Å². The summed E-state index contributed by atoms with van der Waals surface area (Å²) in [5.74, 6) is 0.0595. The van der Waals surface area contributed by atoms with Crippen molar-refractivity contribution in [2.45, 2.75) is 39.8 Å². The second kappa shape index (κ2) is 6.83. The maximum Gasteiger partial charge on any atom is 0.340 e. The predicted octanol–water partition coefficient (Wildman–Crippen LogP) is 1.72. The van der Waals surface area contributed by atoms with Gasteiger partial charge >= 0.3 is 5.97 Å². The Bertz CT molecular complexity index is 624. The maximum atomic E-state index is 12.1. The van der Waals surface area contributed by atoms with Crippen LogP contribution < -0.4 is 5.73 Å². The van der Waals surface area contributed by atoms with Crippen LogP contribution >= 0.6 is 0 Å². The number of carbonyl (C=O) groups excluding carboxylic acids is 1. The lowest BCUT2D eigenvalue weighted by Crippen LogP contribution is -2.12. The Morgan fingerprint density at radius 2 is 2.24 bits per heavy atom. The molecule has 0 fully saturated rings. The molecule has 1 aromatic heterocycles. The van der Waals surface area contributed by atoms with Crippen LogP contribution in [0.25, 0.3) is 0 Å². The van der Waals surface area contributed by atoms with E-state index < -0.39 is 5.97 Å². The molecule has 0 aliphatic rings. The summed E-state index contributed by atoms with van der Waals surface area (Å²) in [4.78, 5) is 12.1. The third-order valence-corrected chi connectivity index (χ3v) is 3.21. The van der Waals surface area contributed by atoms with Gasteiger partial charge < -0.3 is 10.5 Å². The van der Waals surface area contributed by atoms with Gasteiger partial charge in [0.25, 0.3) is 0 Å². The number of hydrogen-bond donors (Lipinski definition) is 1. The van der Waals surface area contributed by atoms with E-state index >= 15 is 0 Å². The molecule has 0 atom stereocenters. The fourth-order valence-corrected chi connectivity index (χ4v) is 1.87. The molecule has 112 valence electrons. The number of aryl methyl sites for hydroxylation is 2. The number of benzene rings is 1. The number of tetrazole rings is 1. The molecule has 2 aromatic rings. The molecule has 7 heteroatoms. The lowest BCUT2D eigenvalue weighted by atomic mass is 10.1. The highest BCUT2D eigenvalue weighted by atomic mass is 16.5. The average Bonchev–Trinajstić information content (AvgIpc) is 2.93. The topological polar surface area (TPSA) is 95.9 Å². The van der Waals surface area contributed by atoms with Gasteiger partial charge in [-0.3, -0.25) is 0 Å². The molecule has 1 aromatic carbocycles. The van der Waals surface area contributed by atoms with Gasteiger partial charge in [-0.2, -0.15) is 0 Å². The summed E-state index contributed by atoms with van der Waals surface area (Å²) in [6.07, 6.45) is 2.01. The molecule has 0 saturated heterocycles. The van der Waals surface area contributed by atoms with E-state index in [-0.39, 0.29) is 6.61 Å². The van der Waals surface area contributed by atoms with Crippen LogP contribution in [0.4, 0.5) is 5.69 Å². The first-order valence-corrected chi connectivity index (χ1v) is 6.90. The zero-order valence-corrected chi connectivity index (χ0v) is 12.2. The molecule has 0 aliphatic heterocycles. The van der Waals surface area contributed by atoms with E-state index in [1.807, 2.05) is 13.0 Å². The average molecular weight is 289 g/mol. The smallest absolute Gasteiger partial charge is 0.340 e. The summed E-state index contributed by atoms with van der Waals surface area (Å²) in [7, 11) is 0. The molecule has 2 N–H and O–H groups in total. The van der Waals surface area contributed by atoms with Crippen LogP contribution in [-0.4, -0.2) is 26.2 Å². The molecule has 0 bridgehead atoms. The zero-order valence-electron chi connectivity index (χ0n) is 12.2. The van der Waals surface area contributed by atoms with Gasteiger partial charge in [-0.1, -0.05) is 25.5 Å². The Hall–Kier alpha value is -2.44. The van der Waals surface area contributed by atoms with Crippen molar-refractivity contribution in [2.75, 3.05) is 5.73 Å². The summed E-state index contributed by atoms with van der Waals surface area (Å²) >= 11 is 0. The quantitative estimate of drug-likeness (QED) is 0.642. The Labute approximate surface area is 123 Å². The van der Waals surface area contributed by atoms with Gasteiger partial charge in [0.15, 0.2) is 12.4 Å². The van der Waals surface area contributed by atoms with E-state index in [4.69, 9.17) is 10.5 Å². The molecule has 0 aliphatic carbocycles. The van der Waals surface area contributed by atoms with Gasteiger partial charge in [-0.25, -0.2) is 9.48 Å². The number of para-hydroxylation sites is 1. The molecule has 0 amide bonds. The number of rotatable bonds is 6. The number of unbranched alkanes of at least 4 members (excludes halogenated alkanes) is 1. The molecule has 0 spiro atoms. The molecule has 21 heavy (non-hydrogen) atoms.